The number of carbonyl (C=O) groups is 1. The van der Waals surface area contributed by atoms with Gasteiger partial charge in [-0.3, -0.25) is 0 Å². The molecule has 4 nitrogen and oxygen atoms in total. The van der Waals surface area contributed by atoms with Crippen LogP contribution in [0.25, 0.3) is 0 Å². The molecular weight excluding hydrogens is 296 g/mol. The van der Waals surface area contributed by atoms with Crippen LogP contribution in [0.4, 0.5) is 10.5 Å². The summed E-state index contributed by atoms with van der Waals surface area (Å²) in [4.78, 5) is 12.3. The molecule has 2 aliphatic rings. The molecule has 3 atom stereocenters. The predicted octanol–water partition coefficient (Wildman–Crippen LogP) is 3.63. The quantitative estimate of drug-likeness (QED) is 0.891. The number of hydrogen-bond acceptors (Lipinski definition) is 3. The zero-order valence-corrected chi connectivity index (χ0v) is 13.8. The number of anilines is 1. The van der Waals surface area contributed by atoms with E-state index in [4.69, 9.17) is 4.74 Å². The Hall–Kier alpha value is -1.20. The molecule has 2 fully saturated rings. The highest BCUT2D eigenvalue weighted by molar-refractivity contribution is 7.97. The van der Waals surface area contributed by atoms with E-state index in [1.165, 1.54) is 5.56 Å². The third-order valence-electron chi connectivity index (χ3n) is 4.59. The van der Waals surface area contributed by atoms with Crippen LogP contribution in [0.1, 0.15) is 31.2 Å². The van der Waals surface area contributed by atoms with Crippen LogP contribution in [-0.4, -0.2) is 31.0 Å². The van der Waals surface area contributed by atoms with Crippen molar-refractivity contribution in [3.05, 3.63) is 29.8 Å². The van der Waals surface area contributed by atoms with Gasteiger partial charge < -0.3 is 15.4 Å². The molecule has 1 saturated heterocycles. The Morgan fingerprint density at radius 3 is 3.14 bits per heavy atom. The summed E-state index contributed by atoms with van der Waals surface area (Å²) in [6.07, 6.45) is 6.83. The largest absolute Gasteiger partial charge is 0.378 e. The van der Waals surface area contributed by atoms with Crippen molar-refractivity contribution in [3.8, 4) is 0 Å². The summed E-state index contributed by atoms with van der Waals surface area (Å²) in [5.74, 6) is 1.45. The summed E-state index contributed by atoms with van der Waals surface area (Å²) in [7, 11) is 0. The highest BCUT2D eigenvalue weighted by Gasteiger charge is 2.38. The zero-order chi connectivity index (χ0) is 15.4. The summed E-state index contributed by atoms with van der Waals surface area (Å²) < 4.78 is 5.76. The number of carbonyl (C=O) groups excluding carboxylic acids is 1. The van der Waals surface area contributed by atoms with E-state index in [0.29, 0.717) is 12.0 Å². The number of thioether (sulfide) groups is 1. The number of ether oxygens (including phenoxy) is 1. The van der Waals surface area contributed by atoms with Gasteiger partial charge in [-0.25, -0.2) is 4.79 Å². The van der Waals surface area contributed by atoms with Crippen molar-refractivity contribution in [1.82, 2.24) is 5.32 Å². The molecule has 120 valence electrons. The molecule has 0 aromatic heterocycles. The van der Waals surface area contributed by atoms with Gasteiger partial charge in [-0.2, -0.15) is 11.8 Å². The van der Waals surface area contributed by atoms with Gasteiger partial charge >= 0.3 is 6.03 Å². The molecule has 1 aromatic rings. The van der Waals surface area contributed by atoms with E-state index in [2.05, 4.69) is 23.0 Å². The second-order valence-corrected chi connectivity index (χ2v) is 7.00. The molecule has 3 rings (SSSR count). The molecule has 0 spiro atoms. The van der Waals surface area contributed by atoms with Crippen molar-refractivity contribution >= 4 is 23.5 Å². The fourth-order valence-corrected chi connectivity index (χ4v) is 4.11. The first-order valence-corrected chi connectivity index (χ1v) is 9.42. The molecule has 1 saturated carbocycles. The maximum absolute atomic E-state index is 12.3. The van der Waals surface area contributed by atoms with Crippen molar-refractivity contribution < 1.29 is 9.53 Å². The highest BCUT2D eigenvalue weighted by Crippen LogP contribution is 2.34. The van der Waals surface area contributed by atoms with Crippen molar-refractivity contribution in [2.75, 3.05) is 18.2 Å². The third-order valence-corrected chi connectivity index (χ3v) is 5.22. The zero-order valence-electron chi connectivity index (χ0n) is 13.0. The first-order valence-electron chi connectivity index (χ1n) is 8.03. The van der Waals surface area contributed by atoms with Crippen LogP contribution < -0.4 is 10.6 Å². The molecule has 0 bridgehead atoms. The van der Waals surface area contributed by atoms with Crippen LogP contribution in [0.15, 0.2) is 24.3 Å². The number of urea groups is 1. The van der Waals surface area contributed by atoms with Crippen molar-refractivity contribution in [3.63, 3.8) is 0 Å². The summed E-state index contributed by atoms with van der Waals surface area (Å²) in [5.41, 5.74) is 2.09. The van der Waals surface area contributed by atoms with Crippen LogP contribution in [0, 0.1) is 5.92 Å². The van der Waals surface area contributed by atoms with Gasteiger partial charge in [-0.15, -0.1) is 0 Å². The molecule has 5 heteroatoms. The molecule has 22 heavy (non-hydrogen) atoms. The van der Waals surface area contributed by atoms with E-state index in [1.54, 1.807) is 11.8 Å². The highest BCUT2D eigenvalue weighted by atomic mass is 32.2. The molecule has 0 unspecified atom stereocenters. The average molecular weight is 320 g/mol. The fourth-order valence-electron chi connectivity index (χ4n) is 3.60. The van der Waals surface area contributed by atoms with Crippen LogP contribution in [0.2, 0.25) is 0 Å². The average Bonchev–Trinajstić information content (AvgIpc) is 2.97. The Balaban J connectivity index is 1.56. The smallest absolute Gasteiger partial charge is 0.319 e. The molecule has 1 aliphatic heterocycles. The van der Waals surface area contributed by atoms with Crippen LogP contribution in [0.3, 0.4) is 0 Å². The lowest BCUT2D eigenvalue weighted by atomic mass is 9.82. The van der Waals surface area contributed by atoms with Gasteiger partial charge in [0.05, 0.1) is 6.10 Å². The van der Waals surface area contributed by atoms with E-state index in [1.807, 2.05) is 18.2 Å². The van der Waals surface area contributed by atoms with E-state index in [-0.39, 0.29) is 12.1 Å². The van der Waals surface area contributed by atoms with Gasteiger partial charge in [-0.05, 0) is 49.6 Å². The maximum Gasteiger partial charge on any atom is 0.319 e. The number of fused-ring (bicyclic) bond motifs is 1. The maximum atomic E-state index is 12.3. The van der Waals surface area contributed by atoms with Crippen LogP contribution >= 0.6 is 11.8 Å². The Morgan fingerprint density at radius 1 is 1.36 bits per heavy atom. The number of benzene rings is 1. The Morgan fingerprint density at radius 2 is 2.27 bits per heavy atom. The summed E-state index contributed by atoms with van der Waals surface area (Å²) in [6, 6.07) is 8.20. The van der Waals surface area contributed by atoms with E-state index in [9.17, 15) is 4.79 Å². The minimum absolute atomic E-state index is 0.0983. The Kier molecular flexibility index (Phi) is 5.26. The van der Waals surface area contributed by atoms with Gasteiger partial charge in [0.15, 0.2) is 0 Å². The van der Waals surface area contributed by atoms with Gasteiger partial charge in [0, 0.05) is 30.0 Å². The summed E-state index contributed by atoms with van der Waals surface area (Å²) in [5, 5.41) is 6.12. The molecule has 1 aliphatic carbocycles. The minimum atomic E-state index is -0.0983. The van der Waals surface area contributed by atoms with Crippen molar-refractivity contribution in [2.24, 2.45) is 5.92 Å². The number of amides is 2. The van der Waals surface area contributed by atoms with Gasteiger partial charge in [0.1, 0.15) is 0 Å². The lowest BCUT2D eigenvalue weighted by Crippen LogP contribution is -2.47. The van der Waals surface area contributed by atoms with E-state index >= 15 is 0 Å². The van der Waals surface area contributed by atoms with Crippen LogP contribution in [0.5, 0.6) is 0 Å². The first-order chi connectivity index (χ1) is 10.8. The Bertz CT molecular complexity index is 523. The number of hydrogen-bond donors (Lipinski definition) is 2. The molecule has 0 radical (unpaired) electrons. The minimum Gasteiger partial charge on any atom is -0.378 e. The second kappa shape index (κ2) is 7.38. The standard InChI is InChI=1S/C17H24N2O2S/c1-22-11-12-4-2-5-13(10-12)18-17(20)19-15-6-3-7-16-14(15)8-9-21-16/h2,4-5,10,14-16H,3,6-9,11H2,1H3,(H2,18,19,20)/t14-,15+,16+/m0/s1. The van der Waals surface area contributed by atoms with Crippen LogP contribution in [-0.2, 0) is 10.5 Å². The lowest BCUT2D eigenvalue weighted by Gasteiger charge is -2.33. The lowest BCUT2D eigenvalue weighted by molar-refractivity contribution is 0.0553. The van der Waals surface area contributed by atoms with Crippen molar-refractivity contribution in [1.29, 1.82) is 0 Å². The monoisotopic (exact) mass is 320 g/mol. The summed E-state index contributed by atoms with van der Waals surface area (Å²) in [6.45, 7) is 0.839. The van der Waals surface area contributed by atoms with Crippen molar-refractivity contribution in [2.45, 2.75) is 43.6 Å². The predicted molar refractivity (Wildman–Crippen MR) is 91.3 cm³/mol. The molecule has 1 aromatic carbocycles. The topological polar surface area (TPSA) is 50.4 Å². The third kappa shape index (κ3) is 3.76. The van der Waals surface area contributed by atoms with Gasteiger partial charge in [0.2, 0.25) is 0 Å². The summed E-state index contributed by atoms with van der Waals surface area (Å²) >= 11 is 1.78. The fraction of sp³-hybridized carbons (Fsp3) is 0.588. The SMILES string of the molecule is CSCc1cccc(NC(=O)N[C@@H]2CCC[C@H]3OCC[C@@H]23)c1. The molecule has 1 heterocycles. The van der Waals surface area contributed by atoms with Gasteiger partial charge in [0.25, 0.3) is 0 Å². The Labute approximate surface area is 136 Å². The number of nitrogens with one attached hydrogen (secondary N) is 2. The normalized spacial score (nSPS) is 27.2. The van der Waals surface area contributed by atoms with E-state index < -0.39 is 0 Å². The number of rotatable bonds is 4. The van der Waals surface area contributed by atoms with E-state index in [0.717, 1.165) is 43.7 Å². The molecule has 2 N–H and O–H groups in total. The second-order valence-electron chi connectivity index (χ2n) is 6.13. The van der Waals surface area contributed by atoms with Gasteiger partial charge in [-0.1, -0.05) is 12.1 Å². The molecule has 2 amide bonds. The molecular formula is C17H24N2O2S. The first kappa shape index (κ1) is 15.7.